The minimum absolute atomic E-state index is 0.174. The molecule has 0 bridgehead atoms. The molecule has 0 saturated heterocycles. The first kappa shape index (κ1) is 22.2. The molecule has 0 aromatic heterocycles. The van der Waals surface area contributed by atoms with Crippen LogP contribution in [-0.4, -0.2) is 33.3 Å². The van der Waals surface area contributed by atoms with Crippen molar-refractivity contribution in [3.05, 3.63) is 83.9 Å². The Kier molecular flexibility index (Phi) is 7.90. The van der Waals surface area contributed by atoms with E-state index >= 15 is 0 Å². The van der Waals surface area contributed by atoms with Gasteiger partial charge < -0.3 is 19.5 Å². The topological polar surface area (TPSA) is 68.8 Å². The van der Waals surface area contributed by atoms with Gasteiger partial charge in [0.15, 0.2) is 11.5 Å². The van der Waals surface area contributed by atoms with Crippen LogP contribution in [0.3, 0.4) is 0 Å². The zero-order chi connectivity index (χ0) is 22.1. The fraction of sp³-hybridized carbons (Fsp3) is 0.240. The lowest BCUT2D eigenvalue weighted by Crippen LogP contribution is -2.35. The number of benzene rings is 3. The summed E-state index contributed by atoms with van der Waals surface area (Å²) in [7, 11) is 3.19. The van der Waals surface area contributed by atoms with E-state index < -0.39 is 6.04 Å². The number of amides is 1. The molecule has 162 valence electrons. The second-order valence-electron chi connectivity index (χ2n) is 6.99. The molecule has 31 heavy (non-hydrogen) atoms. The molecule has 0 aliphatic rings. The van der Waals surface area contributed by atoms with Crippen LogP contribution in [0.15, 0.2) is 72.8 Å². The summed E-state index contributed by atoms with van der Waals surface area (Å²) in [5.74, 6) is 1.78. The quantitative estimate of drug-likeness (QED) is 0.477. The van der Waals surface area contributed by atoms with Crippen LogP contribution in [-0.2, 0) is 4.79 Å². The van der Waals surface area contributed by atoms with Crippen molar-refractivity contribution in [2.75, 3.05) is 32.7 Å². The molecule has 3 aromatic rings. The molecule has 0 spiro atoms. The molecule has 0 fully saturated rings. The van der Waals surface area contributed by atoms with E-state index in [0.29, 0.717) is 36.1 Å². The largest absolute Gasteiger partial charge is 0.495 e. The highest BCUT2D eigenvalue weighted by molar-refractivity contribution is 5.96. The maximum absolute atomic E-state index is 13.2. The molecule has 0 heterocycles. The van der Waals surface area contributed by atoms with Crippen LogP contribution in [0.2, 0.25) is 0 Å². The third kappa shape index (κ3) is 5.99. The van der Waals surface area contributed by atoms with Gasteiger partial charge >= 0.3 is 0 Å². The lowest BCUT2D eigenvalue weighted by molar-refractivity contribution is -0.118. The number of hydrogen-bond acceptors (Lipinski definition) is 5. The van der Waals surface area contributed by atoms with Crippen molar-refractivity contribution in [2.45, 2.75) is 13.0 Å². The van der Waals surface area contributed by atoms with Crippen molar-refractivity contribution in [1.29, 1.82) is 0 Å². The number of methoxy groups -OCH3 is 2. The summed E-state index contributed by atoms with van der Waals surface area (Å²) in [5, 5.41) is 6.29. The Morgan fingerprint density at radius 1 is 0.871 bits per heavy atom. The average Bonchev–Trinajstić information content (AvgIpc) is 2.80. The SMILES string of the molecule is COc1ccc(C)cc1NC(=O)[C@H](NCCOc1ccccc1OC)c1ccccc1. The highest BCUT2D eigenvalue weighted by Gasteiger charge is 2.21. The third-order valence-electron chi connectivity index (χ3n) is 4.79. The van der Waals surface area contributed by atoms with Crippen LogP contribution in [0.4, 0.5) is 5.69 Å². The Labute approximate surface area is 183 Å². The lowest BCUT2D eigenvalue weighted by Gasteiger charge is -2.20. The van der Waals surface area contributed by atoms with Crippen LogP contribution < -0.4 is 24.8 Å². The average molecular weight is 421 g/mol. The van der Waals surface area contributed by atoms with Gasteiger partial charge in [0.2, 0.25) is 5.91 Å². The van der Waals surface area contributed by atoms with Crippen LogP contribution >= 0.6 is 0 Å². The summed E-state index contributed by atoms with van der Waals surface area (Å²) in [6, 6.07) is 22.2. The minimum atomic E-state index is -0.548. The van der Waals surface area contributed by atoms with Gasteiger partial charge in [-0.25, -0.2) is 0 Å². The molecule has 0 unspecified atom stereocenters. The Morgan fingerprint density at radius 3 is 2.26 bits per heavy atom. The second-order valence-corrected chi connectivity index (χ2v) is 6.99. The number of ether oxygens (including phenoxy) is 3. The number of para-hydroxylation sites is 2. The molecule has 3 rings (SSSR count). The Bertz CT molecular complexity index is 992. The summed E-state index contributed by atoms with van der Waals surface area (Å²) < 4.78 is 16.5. The van der Waals surface area contributed by atoms with Gasteiger partial charge in [0.05, 0.1) is 19.9 Å². The van der Waals surface area contributed by atoms with Gasteiger partial charge in [-0.1, -0.05) is 48.5 Å². The fourth-order valence-corrected chi connectivity index (χ4v) is 3.23. The summed E-state index contributed by atoms with van der Waals surface area (Å²) in [5.41, 5.74) is 2.54. The maximum atomic E-state index is 13.2. The van der Waals surface area contributed by atoms with Crippen LogP contribution in [0.25, 0.3) is 0 Å². The summed E-state index contributed by atoms with van der Waals surface area (Å²) in [6.45, 7) is 2.82. The van der Waals surface area contributed by atoms with Crippen molar-refractivity contribution in [3.63, 3.8) is 0 Å². The predicted octanol–water partition coefficient (Wildman–Crippen LogP) is 4.36. The first-order chi connectivity index (χ1) is 15.1. The molecule has 0 aliphatic heterocycles. The number of carbonyl (C=O) groups excluding carboxylic acids is 1. The second kappa shape index (κ2) is 11.0. The Morgan fingerprint density at radius 2 is 1.55 bits per heavy atom. The van der Waals surface area contributed by atoms with Crippen molar-refractivity contribution in [1.82, 2.24) is 5.32 Å². The van der Waals surface area contributed by atoms with Gasteiger partial charge in [0.1, 0.15) is 18.4 Å². The van der Waals surface area contributed by atoms with Crippen LogP contribution in [0, 0.1) is 6.92 Å². The molecule has 2 N–H and O–H groups in total. The number of nitrogens with one attached hydrogen (secondary N) is 2. The van der Waals surface area contributed by atoms with E-state index in [-0.39, 0.29) is 5.91 Å². The molecule has 0 saturated carbocycles. The lowest BCUT2D eigenvalue weighted by atomic mass is 10.1. The molecule has 6 heteroatoms. The Hall–Kier alpha value is -3.51. The molecular formula is C25H28N2O4. The third-order valence-corrected chi connectivity index (χ3v) is 4.79. The first-order valence-electron chi connectivity index (χ1n) is 10.1. The number of carbonyl (C=O) groups is 1. The smallest absolute Gasteiger partial charge is 0.246 e. The van der Waals surface area contributed by atoms with Crippen molar-refractivity contribution < 1.29 is 19.0 Å². The summed E-state index contributed by atoms with van der Waals surface area (Å²) in [6.07, 6.45) is 0. The van der Waals surface area contributed by atoms with Gasteiger partial charge in [0, 0.05) is 6.54 Å². The maximum Gasteiger partial charge on any atom is 0.246 e. The molecule has 1 amide bonds. The number of hydrogen-bond donors (Lipinski definition) is 2. The summed E-state index contributed by atoms with van der Waals surface area (Å²) in [4.78, 5) is 13.2. The molecule has 6 nitrogen and oxygen atoms in total. The number of aryl methyl sites for hydroxylation is 1. The van der Waals surface area contributed by atoms with Gasteiger partial charge in [-0.3, -0.25) is 10.1 Å². The van der Waals surface area contributed by atoms with Crippen molar-refractivity contribution in [3.8, 4) is 17.2 Å². The molecule has 0 radical (unpaired) electrons. The monoisotopic (exact) mass is 420 g/mol. The van der Waals surface area contributed by atoms with Crippen molar-refractivity contribution in [2.24, 2.45) is 0 Å². The minimum Gasteiger partial charge on any atom is -0.495 e. The van der Waals surface area contributed by atoms with E-state index in [0.717, 1.165) is 11.1 Å². The Balaban J connectivity index is 1.69. The number of anilines is 1. The standard InChI is InChI=1S/C25H28N2O4/c1-18-13-14-21(29-2)20(17-18)27-25(28)24(19-9-5-4-6-10-19)26-15-16-31-23-12-8-7-11-22(23)30-3/h4-14,17,24,26H,15-16H2,1-3H3,(H,27,28)/t24-/m1/s1. The van der Waals surface area contributed by atoms with E-state index in [4.69, 9.17) is 14.2 Å². The van der Waals surface area contributed by atoms with E-state index in [2.05, 4.69) is 10.6 Å². The van der Waals surface area contributed by atoms with Gasteiger partial charge in [-0.2, -0.15) is 0 Å². The highest BCUT2D eigenvalue weighted by atomic mass is 16.5. The molecule has 0 aliphatic carbocycles. The van der Waals surface area contributed by atoms with Gasteiger partial charge in [0.25, 0.3) is 0 Å². The normalized spacial score (nSPS) is 11.5. The first-order valence-corrected chi connectivity index (χ1v) is 10.1. The van der Waals surface area contributed by atoms with E-state index in [1.165, 1.54) is 0 Å². The predicted molar refractivity (Wildman–Crippen MR) is 122 cm³/mol. The fourth-order valence-electron chi connectivity index (χ4n) is 3.23. The van der Waals surface area contributed by atoms with Gasteiger partial charge in [-0.05, 0) is 42.3 Å². The van der Waals surface area contributed by atoms with Gasteiger partial charge in [-0.15, -0.1) is 0 Å². The van der Waals surface area contributed by atoms with E-state index in [1.807, 2.05) is 79.7 Å². The number of rotatable bonds is 10. The molecule has 3 aromatic carbocycles. The van der Waals surface area contributed by atoms with Crippen LogP contribution in [0.1, 0.15) is 17.2 Å². The zero-order valence-electron chi connectivity index (χ0n) is 18.1. The summed E-state index contributed by atoms with van der Waals surface area (Å²) >= 11 is 0. The molecular weight excluding hydrogens is 392 g/mol. The van der Waals surface area contributed by atoms with Crippen molar-refractivity contribution >= 4 is 11.6 Å². The van der Waals surface area contributed by atoms with E-state index in [9.17, 15) is 4.79 Å². The van der Waals surface area contributed by atoms with Crippen LogP contribution in [0.5, 0.6) is 17.2 Å². The molecule has 1 atom stereocenters. The van der Waals surface area contributed by atoms with E-state index in [1.54, 1.807) is 14.2 Å². The highest BCUT2D eigenvalue weighted by Crippen LogP contribution is 2.27. The zero-order valence-corrected chi connectivity index (χ0v) is 18.1.